The van der Waals surface area contributed by atoms with Gasteiger partial charge in [0, 0.05) is 18.3 Å². The number of aryl methyl sites for hydroxylation is 2. The molecular weight excluding hydrogens is 266 g/mol. The first-order valence-electron chi connectivity index (χ1n) is 7.50. The highest BCUT2D eigenvalue weighted by molar-refractivity contribution is 5.79. The van der Waals surface area contributed by atoms with Crippen molar-refractivity contribution in [1.29, 1.82) is 0 Å². The van der Waals surface area contributed by atoms with Crippen LogP contribution in [0, 0.1) is 13.8 Å². The van der Waals surface area contributed by atoms with Crippen molar-refractivity contribution < 1.29 is 9.53 Å². The highest BCUT2D eigenvalue weighted by atomic mass is 16.5. The fourth-order valence-corrected chi connectivity index (χ4v) is 3.27. The van der Waals surface area contributed by atoms with Gasteiger partial charge in [-0.1, -0.05) is 0 Å². The van der Waals surface area contributed by atoms with Crippen LogP contribution >= 0.6 is 0 Å². The van der Waals surface area contributed by atoms with E-state index in [4.69, 9.17) is 4.74 Å². The Morgan fingerprint density at radius 2 is 2.00 bits per heavy atom. The van der Waals surface area contributed by atoms with Gasteiger partial charge in [-0.05, 0) is 48.0 Å². The van der Waals surface area contributed by atoms with Gasteiger partial charge in [-0.3, -0.25) is 9.48 Å². The first-order chi connectivity index (χ1) is 9.52. The highest BCUT2D eigenvalue weighted by Gasteiger charge is 2.46. The molecule has 0 unspecified atom stereocenters. The summed E-state index contributed by atoms with van der Waals surface area (Å²) >= 11 is 0. The molecule has 118 valence electrons. The topological polar surface area (TPSA) is 56.2 Å². The zero-order valence-electron chi connectivity index (χ0n) is 14.2. The Morgan fingerprint density at radius 3 is 2.43 bits per heavy atom. The Kier molecular flexibility index (Phi) is 3.91. The van der Waals surface area contributed by atoms with Crippen LogP contribution in [0.3, 0.4) is 0 Å². The largest absolute Gasteiger partial charge is 0.367 e. The highest BCUT2D eigenvalue weighted by Crippen LogP contribution is 2.37. The maximum absolute atomic E-state index is 12.4. The molecule has 2 rings (SSSR count). The van der Waals surface area contributed by atoms with Crippen molar-refractivity contribution in [3.8, 4) is 0 Å². The first-order valence-corrected chi connectivity index (χ1v) is 7.50. The molecule has 1 aromatic rings. The van der Waals surface area contributed by atoms with Crippen molar-refractivity contribution in [1.82, 2.24) is 15.1 Å². The molecule has 0 spiro atoms. The molecule has 1 N–H and O–H groups in total. The first kappa shape index (κ1) is 16.0. The van der Waals surface area contributed by atoms with Gasteiger partial charge in [0.15, 0.2) is 0 Å². The third-order valence-corrected chi connectivity index (χ3v) is 4.41. The number of rotatable bonds is 3. The van der Waals surface area contributed by atoms with Gasteiger partial charge < -0.3 is 10.1 Å². The summed E-state index contributed by atoms with van der Waals surface area (Å²) in [4.78, 5) is 12.4. The number of carbonyl (C=O) groups is 1. The van der Waals surface area contributed by atoms with E-state index in [2.05, 4.69) is 24.3 Å². The number of hydrogen-bond acceptors (Lipinski definition) is 3. The quantitative estimate of drug-likeness (QED) is 0.928. The molecule has 21 heavy (non-hydrogen) atoms. The maximum Gasteiger partial charge on any atom is 0.224 e. The zero-order chi connectivity index (χ0) is 16.0. The lowest BCUT2D eigenvalue weighted by Gasteiger charge is -2.27. The van der Waals surface area contributed by atoms with E-state index in [9.17, 15) is 4.79 Å². The number of aromatic nitrogens is 2. The van der Waals surface area contributed by atoms with Crippen molar-refractivity contribution >= 4 is 5.91 Å². The molecule has 0 aromatic carbocycles. The molecule has 1 aromatic heterocycles. The van der Waals surface area contributed by atoms with E-state index in [1.165, 1.54) is 0 Å². The fraction of sp³-hybridized carbons (Fsp3) is 0.750. The molecule has 0 aliphatic carbocycles. The second-order valence-corrected chi connectivity index (χ2v) is 7.24. The minimum atomic E-state index is -0.335. The molecule has 1 fully saturated rings. The maximum atomic E-state index is 12.4. The average molecular weight is 293 g/mol. The summed E-state index contributed by atoms with van der Waals surface area (Å²) in [7, 11) is 1.90. The standard InChI is InChI=1S/C16H27N3O2/c1-10-12(11(2)19(7)18-10)8-14(20)17-13-9-15(3,4)21-16(13,5)6/h13H,8-9H2,1-7H3,(H,17,20)/t13-/m1/s1. The van der Waals surface area contributed by atoms with Crippen LogP contribution < -0.4 is 5.32 Å². The van der Waals surface area contributed by atoms with Crippen molar-refractivity contribution in [3.05, 3.63) is 17.0 Å². The number of carbonyl (C=O) groups excluding carboxylic acids is 1. The summed E-state index contributed by atoms with van der Waals surface area (Å²) in [5, 5.41) is 7.50. The Bertz CT molecular complexity index is 558. The fourth-order valence-electron chi connectivity index (χ4n) is 3.27. The number of hydrogen-bond donors (Lipinski definition) is 1. The van der Waals surface area contributed by atoms with Gasteiger partial charge in [0.1, 0.15) is 0 Å². The van der Waals surface area contributed by atoms with Crippen LogP contribution in [0.4, 0.5) is 0 Å². The number of amides is 1. The second kappa shape index (κ2) is 5.13. The van der Waals surface area contributed by atoms with Crippen molar-refractivity contribution in [2.24, 2.45) is 7.05 Å². The zero-order valence-corrected chi connectivity index (χ0v) is 14.2. The minimum Gasteiger partial charge on any atom is -0.367 e. The third-order valence-electron chi connectivity index (χ3n) is 4.41. The van der Waals surface area contributed by atoms with Crippen LogP contribution in [0.5, 0.6) is 0 Å². The summed E-state index contributed by atoms with van der Waals surface area (Å²) in [5.41, 5.74) is 2.46. The molecule has 2 heterocycles. The summed E-state index contributed by atoms with van der Waals surface area (Å²) in [6, 6.07) is 0.0392. The molecule has 1 aliphatic heterocycles. The van der Waals surface area contributed by atoms with E-state index >= 15 is 0 Å². The SMILES string of the molecule is Cc1nn(C)c(C)c1CC(=O)N[C@@H]1CC(C)(C)OC1(C)C. The average Bonchev–Trinajstić information content (AvgIpc) is 2.65. The summed E-state index contributed by atoms with van der Waals surface area (Å²) in [6.07, 6.45) is 1.20. The predicted molar refractivity (Wildman–Crippen MR) is 82.2 cm³/mol. The van der Waals surface area contributed by atoms with Crippen LogP contribution in [-0.2, 0) is 23.0 Å². The summed E-state index contributed by atoms with van der Waals surface area (Å²) < 4.78 is 7.84. The lowest BCUT2D eigenvalue weighted by atomic mass is 9.94. The molecule has 1 saturated heterocycles. The van der Waals surface area contributed by atoms with Gasteiger partial charge in [0.05, 0.1) is 29.4 Å². The van der Waals surface area contributed by atoms with Gasteiger partial charge in [-0.15, -0.1) is 0 Å². The molecule has 0 saturated carbocycles. The molecule has 1 aliphatic rings. The van der Waals surface area contributed by atoms with Crippen molar-refractivity contribution in [2.75, 3.05) is 0 Å². The number of ether oxygens (including phenoxy) is 1. The number of nitrogens with zero attached hydrogens (tertiary/aromatic N) is 2. The lowest BCUT2D eigenvalue weighted by Crippen LogP contribution is -2.46. The summed E-state index contributed by atoms with van der Waals surface area (Å²) in [6.45, 7) is 12.1. The molecule has 1 atom stereocenters. The number of nitrogens with one attached hydrogen (secondary N) is 1. The van der Waals surface area contributed by atoms with E-state index in [-0.39, 0.29) is 23.2 Å². The van der Waals surface area contributed by atoms with Gasteiger partial charge in [-0.25, -0.2) is 0 Å². The lowest BCUT2D eigenvalue weighted by molar-refractivity contribution is -0.123. The van der Waals surface area contributed by atoms with E-state index in [1.54, 1.807) is 0 Å². The van der Waals surface area contributed by atoms with Gasteiger partial charge in [0.25, 0.3) is 0 Å². The van der Waals surface area contributed by atoms with E-state index < -0.39 is 0 Å². The van der Waals surface area contributed by atoms with E-state index in [0.29, 0.717) is 6.42 Å². The van der Waals surface area contributed by atoms with Crippen molar-refractivity contribution in [3.63, 3.8) is 0 Å². The van der Waals surface area contributed by atoms with Gasteiger partial charge in [0.2, 0.25) is 5.91 Å². The van der Waals surface area contributed by atoms with Crippen LogP contribution in [0.25, 0.3) is 0 Å². The Balaban J connectivity index is 2.06. The summed E-state index contributed by atoms with van der Waals surface area (Å²) in [5.74, 6) is 0.0357. The Labute approximate surface area is 127 Å². The smallest absolute Gasteiger partial charge is 0.224 e. The van der Waals surface area contributed by atoms with Crippen LogP contribution in [-0.4, -0.2) is 32.9 Å². The van der Waals surface area contributed by atoms with Crippen LogP contribution in [0.1, 0.15) is 51.1 Å². The van der Waals surface area contributed by atoms with E-state index in [1.807, 2.05) is 39.4 Å². The monoisotopic (exact) mass is 293 g/mol. The van der Waals surface area contributed by atoms with Crippen LogP contribution in [0.15, 0.2) is 0 Å². The molecule has 5 heteroatoms. The normalized spacial score (nSPS) is 23.3. The minimum absolute atomic E-state index is 0.0357. The Morgan fingerprint density at radius 1 is 1.38 bits per heavy atom. The third kappa shape index (κ3) is 3.28. The second-order valence-electron chi connectivity index (χ2n) is 7.24. The van der Waals surface area contributed by atoms with Crippen LogP contribution in [0.2, 0.25) is 0 Å². The van der Waals surface area contributed by atoms with Gasteiger partial charge in [-0.2, -0.15) is 5.10 Å². The molecular formula is C16H27N3O2. The molecule has 0 bridgehead atoms. The Hall–Kier alpha value is -1.36. The molecule has 5 nitrogen and oxygen atoms in total. The van der Waals surface area contributed by atoms with Crippen molar-refractivity contribution in [2.45, 2.75) is 71.6 Å². The molecule has 1 amide bonds. The molecule has 0 radical (unpaired) electrons. The predicted octanol–water partition coefficient (Wildman–Crippen LogP) is 2.04. The van der Waals surface area contributed by atoms with Gasteiger partial charge >= 0.3 is 0 Å². The van der Waals surface area contributed by atoms with E-state index in [0.717, 1.165) is 23.4 Å².